The molecule has 0 radical (unpaired) electrons. The molecule has 3 saturated heterocycles. The first-order chi connectivity index (χ1) is 29.3. The number of urea groups is 2. The van der Waals surface area contributed by atoms with E-state index < -0.39 is 18.1 Å². The molecule has 0 aromatic heterocycles. The lowest BCUT2D eigenvalue weighted by Crippen LogP contribution is -2.55. The van der Waals surface area contributed by atoms with Crippen molar-refractivity contribution in [3.8, 4) is 0 Å². The second kappa shape index (κ2) is 26.1. The summed E-state index contributed by atoms with van der Waals surface area (Å²) in [7, 11) is 0. The molecule has 5 amide bonds. The number of benzene rings is 2. The Balaban J connectivity index is 0.000000381. The molecule has 11 nitrogen and oxygen atoms in total. The molecule has 2 aromatic rings. The van der Waals surface area contributed by atoms with Gasteiger partial charge in [-0.15, -0.1) is 0 Å². The summed E-state index contributed by atoms with van der Waals surface area (Å²) in [4.78, 5) is 58.1. The summed E-state index contributed by atoms with van der Waals surface area (Å²) in [6.45, 7) is 17.8. The molecule has 338 valence electrons. The van der Waals surface area contributed by atoms with E-state index in [1.807, 2.05) is 23.6 Å². The molecule has 0 aliphatic carbocycles. The lowest BCUT2D eigenvalue weighted by atomic mass is 9.98. The zero-order valence-corrected chi connectivity index (χ0v) is 38.4. The lowest BCUT2D eigenvalue weighted by molar-refractivity contribution is -0.139. The average molecular weight is 843 g/mol. The number of rotatable bonds is 15. The highest BCUT2D eigenvalue weighted by Gasteiger charge is 2.33. The fourth-order valence-electron chi connectivity index (χ4n) is 8.57. The van der Waals surface area contributed by atoms with E-state index in [0.29, 0.717) is 24.8 Å². The standard InChI is InChI=1S/C37H54N4O2.C13H24N2O3/c1-29(2)20-27-41(33-18-16-32(17-19-33)15-14-31-12-8-7-9-13-31)34-21-25-39(26-22-34)36(42)35(28-30(3)4)38-37(43)40-23-10-5-6-11-24-40;1-10(2)9-11(12(16)17)14-13(18)15-7-5-3-4-6-8-15/h7-9,12-13,16-20,30,34-35H,5-6,10-11,14-15,21-28H2,1-4H3,(H,38,43);10-11H,3-9H2,1-2H3,(H,14,18)(H,16,17)/t35-;11-/m00/s1. The van der Waals surface area contributed by atoms with Crippen LogP contribution in [-0.2, 0) is 22.4 Å². The van der Waals surface area contributed by atoms with Crippen LogP contribution in [0.5, 0.6) is 0 Å². The second-order valence-corrected chi connectivity index (χ2v) is 18.5. The minimum absolute atomic E-state index is 0.0732. The fourth-order valence-corrected chi connectivity index (χ4v) is 8.57. The average Bonchev–Trinajstić information content (AvgIpc) is 3.70. The van der Waals surface area contributed by atoms with Gasteiger partial charge in [-0.1, -0.05) is 107 Å². The Bertz CT molecular complexity index is 1640. The van der Waals surface area contributed by atoms with Gasteiger partial charge < -0.3 is 35.3 Å². The largest absolute Gasteiger partial charge is 0.480 e. The third-order valence-electron chi connectivity index (χ3n) is 12.1. The summed E-state index contributed by atoms with van der Waals surface area (Å²) in [6.07, 6.45) is 16.1. The van der Waals surface area contributed by atoms with Crippen molar-refractivity contribution in [1.29, 1.82) is 0 Å². The Kier molecular flexibility index (Phi) is 21.0. The molecule has 11 heteroatoms. The van der Waals surface area contributed by atoms with Gasteiger partial charge in [0.1, 0.15) is 12.1 Å². The van der Waals surface area contributed by atoms with Gasteiger partial charge in [0.15, 0.2) is 0 Å². The van der Waals surface area contributed by atoms with E-state index in [0.717, 1.165) is 110 Å². The molecule has 5 rings (SSSR count). The number of carboxylic acid groups (broad SMARTS) is 1. The van der Waals surface area contributed by atoms with Crippen molar-refractivity contribution in [3.63, 3.8) is 0 Å². The van der Waals surface area contributed by atoms with E-state index in [4.69, 9.17) is 5.11 Å². The SMILES string of the molecule is CC(C)=CCN(c1ccc(CCc2ccccc2)cc1)C1CCN(C(=O)[C@H](CC(C)C)NC(=O)N2CCCCCC2)CC1.CC(C)C[C@H](NC(=O)N1CCCCCC1)C(=O)O. The molecule has 3 aliphatic heterocycles. The Labute approximate surface area is 367 Å². The number of amides is 5. The maximum Gasteiger partial charge on any atom is 0.326 e. The molecule has 3 aliphatic rings. The van der Waals surface area contributed by atoms with E-state index in [-0.39, 0.29) is 23.9 Å². The first-order valence-electron chi connectivity index (χ1n) is 23.5. The summed E-state index contributed by atoms with van der Waals surface area (Å²) >= 11 is 0. The molecular formula is C50H78N6O5. The van der Waals surface area contributed by atoms with Gasteiger partial charge in [0.25, 0.3) is 0 Å². The van der Waals surface area contributed by atoms with Crippen molar-refractivity contribution >= 4 is 29.6 Å². The topological polar surface area (TPSA) is 126 Å². The number of carboxylic acids is 1. The number of allylic oxidation sites excluding steroid dienone is 1. The van der Waals surface area contributed by atoms with Crippen molar-refractivity contribution in [2.75, 3.05) is 50.7 Å². The quantitative estimate of drug-likeness (QED) is 0.154. The van der Waals surface area contributed by atoms with Gasteiger partial charge in [0.2, 0.25) is 5.91 Å². The molecule has 2 aromatic carbocycles. The number of hydrogen-bond donors (Lipinski definition) is 3. The zero-order chi connectivity index (χ0) is 44.1. The maximum atomic E-state index is 13.8. The van der Waals surface area contributed by atoms with Crippen LogP contribution >= 0.6 is 0 Å². The number of likely N-dealkylation sites (tertiary alicyclic amines) is 3. The van der Waals surface area contributed by atoms with Crippen molar-refractivity contribution in [2.24, 2.45) is 11.8 Å². The van der Waals surface area contributed by atoms with Crippen molar-refractivity contribution in [1.82, 2.24) is 25.3 Å². The fraction of sp³-hybridized carbons (Fsp3) is 0.640. The smallest absolute Gasteiger partial charge is 0.326 e. The van der Waals surface area contributed by atoms with Gasteiger partial charge in [-0.3, -0.25) is 4.79 Å². The van der Waals surface area contributed by atoms with Crippen LogP contribution in [0.3, 0.4) is 0 Å². The Morgan fingerprint density at radius 3 is 1.56 bits per heavy atom. The molecule has 3 fully saturated rings. The number of aryl methyl sites for hydroxylation is 2. The van der Waals surface area contributed by atoms with E-state index in [1.165, 1.54) is 35.2 Å². The third kappa shape index (κ3) is 17.4. The van der Waals surface area contributed by atoms with Crippen LogP contribution in [0.15, 0.2) is 66.2 Å². The molecule has 0 unspecified atom stereocenters. The summed E-state index contributed by atoms with van der Waals surface area (Å²) in [5, 5.41) is 14.9. The summed E-state index contributed by atoms with van der Waals surface area (Å²) in [5.41, 5.74) is 5.28. The molecule has 3 heterocycles. The van der Waals surface area contributed by atoms with Gasteiger partial charge in [0, 0.05) is 57.5 Å². The van der Waals surface area contributed by atoms with E-state index in [1.54, 1.807) is 4.90 Å². The number of carbonyl (C=O) groups excluding carboxylic acids is 3. The number of aliphatic carboxylic acids is 1. The molecule has 0 spiro atoms. The van der Waals surface area contributed by atoms with E-state index in [9.17, 15) is 19.2 Å². The van der Waals surface area contributed by atoms with Crippen LogP contribution in [0.1, 0.15) is 130 Å². The van der Waals surface area contributed by atoms with Crippen molar-refractivity contribution in [2.45, 2.75) is 150 Å². The molecule has 0 bridgehead atoms. The van der Waals surface area contributed by atoms with Gasteiger partial charge in [-0.05, 0) is 113 Å². The van der Waals surface area contributed by atoms with Gasteiger partial charge in [-0.25, -0.2) is 14.4 Å². The van der Waals surface area contributed by atoms with Crippen LogP contribution in [-0.4, -0.2) is 108 Å². The van der Waals surface area contributed by atoms with Crippen LogP contribution in [0.25, 0.3) is 0 Å². The minimum Gasteiger partial charge on any atom is -0.480 e. The van der Waals surface area contributed by atoms with Crippen LogP contribution in [0, 0.1) is 11.8 Å². The molecule has 61 heavy (non-hydrogen) atoms. The number of anilines is 1. The highest BCUT2D eigenvalue weighted by atomic mass is 16.4. The third-order valence-corrected chi connectivity index (χ3v) is 12.1. The molecular weight excluding hydrogens is 765 g/mol. The van der Waals surface area contributed by atoms with Crippen molar-refractivity contribution < 1.29 is 24.3 Å². The first-order valence-corrected chi connectivity index (χ1v) is 23.5. The molecule has 3 N–H and O–H groups in total. The van der Waals surface area contributed by atoms with Crippen molar-refractivity contribution in [3.05, 3.63) is 77.4 Å². The zero-order valence-electron chi connectivity index (χ0n) is 38.4. The number of nitrogens with one attached hydrogen (secondary N) is 2. The first kappa shape index (κ1) is 49.1. The monoisotopic (exact) mass is 843 g/mol. The van der Waals surface area contributed by atoms with Crippen LogP contribution < -0.4 is 15.5 Å². The predicted molar refractivity (Wildman–Crippen MR) is 248 cm³/mol. The van der Waals surface area contributed by atoms with E-state index >= 15 is 0 Å². The Hall–Kier alpha value is -4.54. The Morgan fingerprint density at radius 1 is 0.639 bits per heavy atom. The molecule has 2 atom stereocenters. The summed E-state index contributed by atoms with van der Waals surface area (Å²) in [5.74, 6) is -0.303. The summed E-state index contributed by atoms with van der Waals surface area (Å²) in [6, 6.07) is 18.6. The van der Waals surface area contributed by atoms with Crippen LogP contribution in [0.4, 0.5) is 15.3 Å². The van der Waals surface area contributed by atoms with Crippen LogP contribution in [0.2, 0.25) is 0 Å². The highest BCUT2D eigenvalue weighted by Crippen LogP contribution is 2.26. The van der Waals surface area contributed by atoms with E-state index in [2.05, 4.69) is 104 Å². The minimum atomic E-state index is -0.952. The van der Waals surface area contributed by atoms with Gasteiger partial charge >= 0.3 is 18.0 Å². The Morgan fingerprint density at radius 2 is 1.10 bits per heavy atom. The van der Waals surface area contributed by atoms with Gasteiger partial charge in [0.05, 0.1) is 0 Å². The maximum absolute atomic E-state index is 13.8. The number of piperidine rings is 1. The second-order valence-electron chi connectivity index (χ2n) is 18.5. The number of carbonyl (C=O) groups is 4. The number of nitrogens with zero attached hydrogens (tertiary/aromatic N) is 4. The highest BCUT2D eigenvalue weighted by molar-refractivity contribution is 5.87. The molecule has 0 saturated carbocycles. The lowest BCUT2D eigenvalue weighted by Gasteiger charge is -2.40. The van der Waals surface area contributed by atoms with Gasteiger partial charge in [-0.2, -0.15) is 0 Å². The number of hydrogen-bond acceptors (Lipinski definition) is 5. The predicted octanol–water partition coefficient (Wildman–Crippen LogP) is 9.31. The summed E-state index contributed by atoms with van der Waals surface area (Å²) < 4.78 is 0. The normalized spacial score (nSPS) is 17.3.